The van der Waals surface area contributed by atoms with Crippen LogP contribution in [0.3, 0.4) is 0 Å². The zero-order valence-corrected chi connectivity index (χ0v) is 9.81. The smallest absolute Gasteiger partial charge is 0.387 e. The van der Waals surface area contributed by atoms with E-state index in [9.17, 15) is 18.4 Å². The van der Waals surface area contributed by atoms with Crippen molar-refractivity contribution in [1.82, 2.24) is 0 Å². The van der Waals surface area contributed by atoms with Crippen LogP contribution in [0.15, 0.2) is 24.3 Å². The highest BCUT2D eigenvalue weighted by molar-refractivity contribution is 5.97. The molecular formula is C11H13F2N3O3. The number of halogens is 2. The molecule has 0 aliphatic carbocycles. The molecule has 5 N–H and O–H groups in total. The van der Waals surface area contributed by atoms with Gasteiger partial charge in [-0.25, -0.2) is 0 Å². The monoisotopic (exact) mass is 273 g/mol. The zero-order chi connectivity index (χ0) is 14.4. The van der Waals surface area contributed by atoms with E-state index < -0.39 is 24.5 Å². The number of hydrogen-bond acceptors (Lipinski definition) is 4. The Morgan fingerprint density at radius 1 is 1.26 bits per heavy atom. The number of nitrogens with one attached hydrogen (secondary N) is 1. The molecule has 0 spiro atoms. The minimum absolute atomic E-state index is 0.0329. The van der Waals surface area contributed by atoms with Gasteiger partial charge in [-0.15, -0.1) is 0 Å². The second-order valence-electron chi connectivity index (χ2n) is 3.67. The summed E-state index contributed by atoms with van der Waals surface area (Å²) < 4.78 is 28.0. The lowest BCUT2D eigenvalue weighted by Crippen LogP contribution is -2.38. The van der Waals surface area contributed by atoms with Gasteiger partial charge in [0.25, 0.3) is 0 Å². The van der Waals surface area contributed by atoms with Crippen LogP contribution in [0, 0.1) is 0 Å². The standard InChI is InChI=1S/C11H13F2N3O3/c12-11(13)19-7-3-1-6(2-4-7)16-10(18)8(14)5-9(15)17/h1-4,8,11H,5,14H2,(H2,15,17)(H,16,18). The second-order valence-corrected chi connectivity index (χ2v) is 3.67. The van der Waals surface area contributed by atoms with Crippen molar-refractivity contribution in [3.8, 4) is 5.75 Å². The molecule has 2 amide bonds. The Bertz CT molecular complexity index is 451. The fourth-order valence-corrected chi connectivity index (χ4v) is 1.26. The van der Waals surface area contributed by atoms with E-state index in [1.165, 1.54) is 24.3 Å². The van der Waals surface area contributed by atoms with Crippen LogP contribution in [0.1, 0.15) is 6.42 Å². The van der Waals surface area contributed by atoms with Gasteiger partial charge in [0.1, 0.15) is 5.75 Å². The van der Waals surface area contributed by atoms with E-state index in [2.05, 4.69) is 10.1 Å². The number of alkyl halides is 2. The maximum Gasteiger partial charge on any atom is 0.387 e. The molecule has 104 valence electrons. The molecule has 1 aromatic rings. The number of rotatable bonds is 6. The predicted octanol–water partition coefficient (Wildman–Crippen LogP) is 0.429. The number of benzene rings is 1. The van der Waals surface area contributed by atoms with Gasteiger partial charge in [0, 0.05) is 5.69 Å². The molecule has 0 saturated heterocycles. The van der Waals surface area contributed by atoms with Crippen LogP contribution in [0.2, 0.25) is 0 Å². The molecule has 1 aromatic carbocycles. The fraction of sp³-hybridized carbons (Fsp3) is 0.273. The van der Waals surface area contributed by atoms with Gasteiger partial charge in [-0.2, -0.15) is 8.78 Å². The molecule has 1 atom stereocenters. The van der Waals surface area contributed by atoms with E-state index in [1.807, 2.05) is 0 Å². The number of amides is 2. The number of ether oxygens (including phenoxy) is 1. The Morgan fingerprint density at radius 2 is 1.84 bits per heavy atom. The van der Waals surface area contributed by atoms with Crippen molar-refractivity contribution in [2.75, 3.05) is 5.32 Å². The number of anilines is 1. The number of carbonyl (C=O) groups excluding carboxylic acids is 2. The molecule has 8 heteroatoms. The lowest BCUT2D eigenvalue weighted by atomic mass is 10.2. The molecule has 0 fully saturated rings. The Labute approximate surface area is 107 Å². The lowest BCUT2D eigenvalue weighted by Gasteiger charge is -2.11. The third-order valence-electron chi connectivity index (χ3n) is 2.10. The van der Waals surface area contributed by atoms with Crippen LogP contribution in [0.5, 0.6) is 5.75 Å². The van der Waals surface area contributed by atoms with E-state index >= 15 is 0 Å². The summed E-state index contributed by atoms with van der Waals surface area (Å²) in [6.07, 6.45) is -0.279. The molecule has 0 heterocycles. The number of nitrogens with two attached hydrogens (primary N) is 2. The summed E-state index contributed by atoms with van der Waals surface area (Å²) in [6, 6.07) is 4.21. The summed E-state index contributed by atoms with van der Waals surface area (Å²) in [5.41, 5.74) is 10.7. The third kappa shape index (κ3) is 5.30. The highest BCUT2D eigenvalue weighted by Gasteiger charge is 2.16. The summed E-state index contributed by atoms with van der Waals surface area (Å²) in [7, 11) is 0. The average molecular weight is 273 g/mol. The summed E-state index contributed by atoms with van der Waals surface area (Å²) in [4.78, 5) is 22.1. The SMILES string of the molecule is NC(=O)CC(N)C(=O)Nc1ccc(OC(F)F)cc1. The van der Waals surface area contributed by atoms with Crippen LogP contribution in [0.25, 0.3) is 0 Å². The van der Waals surface area contributed by atoms with Crippen molar-refractivity contribution in [2.45, 2.75) is 19.1 Å². The van der Waals surface area contributed by atoms with Gasteiger partial charge >= 0.3 is 6.61 Å². The maximum atomic E-state index is 11.9. The molecule has 1 rings (SSSR count). The summed E-state index contributed by atoms with van der Waals surface area (Å²) in [5, 5.41) is 2.41. The highest BCUT2D eigenvalue weighted by Crippen LogP contribution is 2.17. The molecule has 19 heavy (non-hydrogen) atoms. The van der Waals surface area contributed by atoms with Crippen LogP contribution < -0.4 is 21.5 Å². The minimum atomic E-state index is -2.91. The fourth-order valence-electron chi connectivity index (χ4n) is 1.26. The molecule has 6 nitrogen and oxygen atoms in total. The molecule has 0 aliphatic rings. The first-order valence-electron chi connectivity index (χ1n) is 5.28. The van der Waals surface area contributed by atoms with E-state index in [-0.39, 0.29) is 12.2 Å². The first kappa shape index (κ1) is 14.8. The molecule has 0 aliphatic heterocycles. The maximum absolute atomic E-state index is 11.9. The van der Waals surface area contributed by atoms with Crippen molar-refractivity contribution in [3.05, 3.63) is 24.3 Å². The Hall–Kier alpha value is -2.22. The van der Waals surface area contributed by atoms with E-state index in [4.69, 9.17) is 11.5 Å². The van der Waals surface area contributed by atoms with Gasteiger partial charge in [0.05, 0.1) is 12.5 Å². The predicted molar refractivity (Wildman–Crippen MR) is 63.5 cm³/mol. The normalized spacial score (nSPS) is 12.0. The van der Waals surface area contributed by atoms with E-state index in [0.29, 0.717) is 5.69 Å². The van der Waals surface area contributed by atoms with Crippen LogP contribution >= 0.6 is 0 Å². The summed E-state index contributed by atoms with van der Waals surface area (Å²) in [5.74, 6) is -1.32. The van der Waals surface area contributed by atoms with Crippen molar-refractivity contribution in [3.63, 3.8) is 0 Å². The largest absolute Gasteiger partial charge is 0.435 e. The average Bonchev–Trinajstić information content (AvgIpc) is 2.30. The van der Waals surface area contributed by atoms with E-state index in [0.717, 1.165) is 0 Å². The zero-order valence-electron chi connectivity index (χ0n) is 9.81. The van der Waals surface area contributed by atoms with Crippen molar-refractivity contribution < 1.29 is 23.1 Å². The van der Waals surface area contributed by atoms with Crippen molar-refractivity contribution in [2.24, 2.45) is 11.5 Å². The van der Waals surface area contributed by atoms with Gasteiger partial charge in [0.2, 0.25) is 11.8 Å². The van der Waals surface area contributed by atoms with Gasteiger partial charge in [0.15, 0.2) is 0 Å². The lowest BCUT2D eigenvalue weighted by molar-refractivity contribution is -0.123. The van der Waals surface area contributed by atoms with Crippen LogP contribution in [-0.4, -0.2) is 24.5 Å². The quantitative estimate of drug-likeness (QED) is 0.698. The first-order valence-corrected chi connectivity index (χ1v) is 5.28. The van der Waals surface area contributed by atoms with Crippen molar-refractivity contribution in [1.29, 1.82) is 0 Å². The Morgan fingerprint density at radius 3 is 2.32 bits per heavy atom. The molecule has 0 aromatic heterocycles. The molecule has 0 radical (unpaired) electrons. The van der Waals surface area contributed by atoms with Gasteiger partial charge in [-0.05, 0) is 24.3 Å². The Balaban J connectivity index is 2.57. The summed E-state index contributed by atoms with van der Waals surface area (Å²) in [6.45, 7) is -2.91. The molecular weight excluding hydrogens is 260 g/mol. The van der Waals surface area contributed by atoms with Crippen molar-refractivity contribution >= 4 is 17.5 Å². The molecule has 0 bridgehead atoms. The first-order chi connectivity index (χ1) is 8.88. The Kier molecular flexibility index (Phi) is 5.19. The second kappa shape index (κ2) is 6.64. The number of hydrogen-bond donors (Lipinski definition) is 3. The van der Waals surface area contributed by atoms with Crippen LogP contribution in [-0.2, 0) is 9.59 Å². The van der Waals surface area contributed by atoms with E-state index in [1.54, 1.807) is 0 Å². The third-order valence-corrected chi connectivity index (χ3v) is 2.10. The number of primary amides is 1. The highest BCUT2D eigenvalue weighted by atomic mass is 19.3. The van der Waals surface area contributed by atoms with Crippen LogP contribution in [0.4, 0.5) is 14.5 Å². The minimum Gasteiger partial charge on any atom is -0.435 e. The molecule has 0 saturated carbocycles. The van der Waals surface area contributed by atoms with Gasteiger partial charge in [-0.3, -0.25) is 9.59 Å². The van der Waals surface area contributed by atoms with Gasteiger partial charge in [-0.1, -0.05) is 0 Å². The molecule has 1 unspecified atom stereocenters. The number of carbonyl (C=O) groups is 2. The topological polar surface area (TPSA) is 107 Å². The van der Waals surface area contributed by atoms with Gasteiger partial charge < -0.3 is 21.5 Å². The summed E-state index contributed by atoms with van der Waals surface area (Å²) >= 11 is 0.